The number of rotatable bonds is 8. The van der Waals surface area contributed by atoms with Crippen molar-refractivity contribution in [1.82, 2.24) is 15.2 Å². The van der Waals surface area contributed by atoms with E-state index in [4.69, 9.17) is 4.74 Å². The van der Waals surface area contributed by atoms with E-state index in [-0.39, 0.29) is 11.3 Å². The van der Waals surface area contributed by atoms with E-state index in [1.54, 1.807) is 30.9 Å². The molecule has 7 nitrogen and oxygen atoms in total. The second-order valence-electron chi connectivity index (χ2n) is 5.89. The van der Waals surface area contributed by atoms with E-state index < -0.39 is 0 Å². The molecule has 0 radical (unpaired) electrons. The topological polar surface area (TPSA) is 89.0 Å². The number of carbonyl (C=O) groups is 1. The minimum atomic E-state index is -0.249. The van der Waals surface area contributed by atoms with Gasteiger partial charge in [-0.1, -0.05) is 25.2 Å². The van der Waals surface area contributed by atoms with Crippen molar-refractivity contribution in [3.63, 3.8) is 0 Å². The van der Waals surface area contributed by atoms with Crippen LogP contribution in [0.4, 0.5) is 10.9 Å². The standard InChI is InChI=1S/C15H21N5O2S/c1-15(2,6-7-22-3)9-17-12-5-4-11(8-16-12)13(21)19-14-20-18-10-23-14/h4-5,8,10H,6-7,9H2,1-3H3,(H,16,17)(H,19,20,21). The van der Waals surface area contributed by atoms with Crippen LogP contribution in [0.1, 0.15) is 30.6 Å². The first kappa shape index (κ1) is 17.3. The molecule has 0 aromatic carbocycles. The Kier molecular flexibility index (Phi) is 6.00. The first-order valence-corrected chi connectivity index (χ1v) is 8.14. The van der Waals surface area contributed by atoms with Gasteiger partial charge in [-0.25, -0.2) is 4.98 Å². The molecule has 0 aliphatic rings. The minimum Gasteiger partial charge on any atom is -0.385 e. The summed E-state index contributed by atoms with van der Waals surface area (Å²) in [6, 6.07) is 3.52. The highest BCUT2D eigenvalue weighted by atomic mass is 32.1. The van der Waals surface area contributed by atoms with Crippen LogP contribution in [-0.4, -0.2) is 41.3 Å². The van der Waals surface area contributed by atoms with Gasteiger partial charge in [0, 0.05) is 26.5 Å². The van der Waals surface area contributed by atoms with Crippen molar-refractivity contribution < 1.29 is 9.53 Å². The van der Waals surface area contributed by atoms with Gasteiger partial charge in [0.2, 0.25) is 5.13 Å². The number of aromatic nitrogens is 3. The lowest BCUT2D eigenvalue weighted by Gasteiger charge is -2.24. The molecule has 2 N–H and O–H groups in total. The molecule has 0 bridgehead atoms. The lowest BCUT2D eigenvalue weighted by molar-refractivity contribution is 0.102. The number of carbonyl (C=O) groups excluding carboxylic acids is 1. The van der Waals surface area contributed by atoms with Gasteiger partial charge in [0.1, 0.15) is 11.3 Å². The Morgan fingerprint density at radius 2 is 2.22 bits per heavy atom. The number of hydrogen-bond donors (Lipinski definition) is 2. The van der Waals surface area contributed by atoms with Crippen LogP contribution in [-0.2, 0) is 4.74 Å². The average Bonchev–Trinajstić information content (AvgIpc) is 3.04. The van der Waals surface area contributed by atoms with Crippen molar-refractivity contribution in [1.29, 1.82) is 0 Å². The van der Waals surface area contributed by atoms with Crippen LogP contribution in [0.2, 0.25) is 0 Å². The maximum absolute atomic E-state index is 12.0. The van der Waals surface area contributed by atoms with Crippen LogP contribution >= 0.6 is 11.3 Å². The number of ether oxygens (including phenoxy) is 1. The summed E-state index contributed by atoms with van der Waals surface area (Å²) in [6.45, 7) is 5.85. The molecular weight excluding hydrogens is 314 g/mol. The molecule has 0 spiro atoms. The summed E-state index contributed by atoms with van der Waals surface area (Å²) in [5.41, 5.74) is 2.14. The van der Waals surface area contributed by atoms with Gasteiger partial charge in [-0.2, -0.15) is 0 Å². The van der Waals surface area contributed by atoms with E-state index >= 15 is 0 Å². The van der Waals surface area contributed by atoms with E-state index in [0.717, 1.165) is 25.4 Å². The number of anilines is 2. The fraction of sp³-hybridized carbons (Fsp3) is 0.467. The zero-order chi connectivity index (χ0) is 16.7. The predicted octanol–water partition coefficient (Wildman–Crippen LogP) is 2.66. The van der Waals surface area contributed by atoms with Gasteiger partial charge in [0.15, 0.2) is 0 Å². The molecule has 0 unspecified atom stereocenters. The van der Waals surface area contributed by atoms with Gasteiger partial charge in [-0.3, -0.25) is 10.1 Å². The monoisotopic (exact) mass is 335 g/mol. The highest BCUT2D eigenvalue weighted by molar-refractivity contribution is 7.13. The van der Waals surface area contributed by atoms with Crippen molar-refractivity contribution in [2.75, 3.05) is 30.9 Å². The fourth-order valence-electron chi connectivity index (χ4n) is 1.83. The number of methoxy groups -OCH3 is 1. The summed E-state index contributed by atoms with van der Waals surface area (Å²) in [4.78, 5) is 16.3. The zero-order valence-electron chi connectivity index (χ0n) is 13.5. The van der Waals surface area contributed by atoms with Crippen molar-refractivity contribution in [2.45, 2.75) is 20.3 Å². The second kappa shape index (κ2) is 7.98. The number of amides is 1. The van der Waals surface area contributed by atoms with Crippen molar-refractivity contribution >= 4 is 28.2 Å². The maximum Gasteiger partial charge on any atom is 0.259 e. The molecule has 2 heterocycles. The Morgan fingerprint density at radius 3 is 2.83 bits per heavy atom. The normalized spacial score (nSPS) is 11.3. The van der Waals surface area contributed by atoms with E-state index in [0.29, 0.717) is 10.7 Å². The van der Waals surface area contributed by atoms with E-state index in [2.05, 4.69) is 39.7 Å². The highest BCUT2D eigenvalue weighted by Crippen LogP contribution is 2.21. The third-order valence-corrected chi connectivity index (χ3v) is 3.94. The zero-order valence-corrected chi connectivity index (χ0v) is 14.3. The minimum absolute atomic E-state index is 0.103. The molecule has 1 amide bonds. The van der Waals surface area contributed by atoms with Crippen LogP contribution in [0.25, 0.3) is 0 Å². The van der Waals surface area contributed by atoms with E-state index in [1.807, 2.05) is 0 Å². The molecule has 23 heavy (non-hydrogen) atoms. The van der Waals surface area contributed by atoms with Gasteiger partial charge in [-0.15, -0.1) is 10.2 Å². The predicted molar refractivity (Wildman–Crippen MR) is 90.9 cm³/mol. The lowest BCUT2D eigenvalue weighted by Crippen LogP contribution is -2.25. The maximum atomic E-state index is 12.0. The average molecular weight is 335 g/mol. The SMILES string of the molecule is COCCC(C)(C)CNc1ccc(C(=O)Nc2nncs2)cn1. The Balaban J connectivity index is 1.88. The van der Waals surface area contributed by atoms with Crippen LogP contribution in [0.3, 0.4) is 0 Å². The molecule has 0 fully saturated rings. The Bertz CT molecular complexity index is 613. The van der Waals surface area contributed by atoms with Crippen molar-refractivity contribution in [3.8, 4) is 0 Å². The fourth-order valence-corrected chi connectivity index (χ4v) is 2.27. The largest absolute Gasteiger partial charge is 0.385 e. The van der Waals surface area contributed by atoms with Crippen molar-refractivity contribution in [2.24, 2.45) is 5.41 Å². The molecule has 0 aliphatic carbocycles. The van der Waals surface area contributed by atoms with E-state index in [1.165, 1.54) is 11.3 Å². The third kappa shape index (κ3) is 5.57. The highest BCUT2D eigenvalue weighted by Gasteiger charge is 2.17. The van der Waals surface area contributed by atoms with Gasteiger partial charge in [0.25, 0.3) is 5.91 Å². The van der Waals surface area contributed by atoms with Gasteiger partial charge in [0.05, 0.1) is 5.56 Å². The summed E-state index contributed by atoms with van der Waals surface area (Å²) in [6.07, 6.45) is 2.50. The Hall–Kier alpha value is -2.06. The molecule has 124 valence electrons. The number of hydrogen-bond acceptors (Lipinski definition) is 7. The van der Waals surface area contributed by atoms with Gasteiger partial charge >= 0.3 is 0 Å². The van der Waals surface area contributed by atoms with Crippen LogP contribution in [0.15, 0.2) is 23.8 Å². The van der Waals surface area contributed by atoms with Gasteiger partial charge in [-0.05, 0) is 24.0 Å². The van der Waals surface area contributed by atoms with Crippen molar-refractivity contribution in [3.05, 3.63) is 29.4 Å². The van der Waals surface area contributed by atoms with E-state index in [9.17, 15) is 4.79 Å². The molecular formula is C15H21N5O2S. The third-order valence-electron chi connectivity index (χ3n) is 3.34. The summed E-state index contributed by atoms with van der Waals surface area (Å²) < 4.78 is 5.12. The van der Waals surface area contributed by atoms with Gasteiger partial charge < -0.3 is 10.1 Å². The molecule has 0 aliphatic heterocycles. The lowest BCUT2D eigenvalue weighted by atomic mass is 9.90. The second-order valence-corrected chi connectivity index (χ2v) is 6.72. The Labute approximate surface area is 139 Å². The summed E-state index contributed by atoms with van der Waals surface area (Å²) in [5, 5.41) is 13.9. The molecule has 0 saturated heterocycles. The molecule has 2 aromatic heterocycles. The number of pyridine rings is 1. The number of nitrogens with zero attached hydrogens (tertiary/aromatic N) is 3. The smallest absolute Gasteiger partial charge is 0.259 e. The molecule has 2 aromatic rings. The Morgan fingerprint density at radius 1 is 1.39 bits per heavy atom. The molecule has 0 saturated carbocycles. The summed E-state index contributed by atoms with van der Waals surface area (Å²) in [7, 11) is 1.70. The molecule has 2 rings (SSSR count). The van der Waals surface area contributed by atoms with Crippen LogP contribution < -0.4 is 10.6 Å². The number of nitrogens with one attached hydrogen (secondary N) is 2. The molecule has 0 atom stereocenters. The quantitative estimate of drug-likeness (QED) is 0.771. The summed E-state index contributed by atoms with van der Waals surface area (Å²) in [5.74, 6) is 0.490. The first-order chi connectivity index (χ1) is 11.0. The molecule has 8 heteroatoms. The summed E-state index contributed by atoms with van der Waals surface area (Å²) >= 11 is 1.27. The van der Waals surface area contributed by atoms with Crippen LogP contribution in [0.5, 0.6) is 0 Å². The first-order valence-electron chi connectivity index (χ1n) is 7.26. The van der Waals surface area contributed by atoms with Crippen LogP contribution in [0, 0.1) is 5.41 Å².